The van der Waals surface area contributed by atoms with E-state index in [1.54, 1.807) is 0 Å². The maximum atomic E-state index is 14.4. The summed E-state index contributed by atoms with van der Waals surface area (Å²) in [6.45, 7) is 0.0822. The molecule has 0 saturated carbocycles. The van der Waals surface area contributed by atoms with Crippen LogP contribution in [-0.4, -0.2) is 35.8 Å². The van der Waals surface area contributed by atoms with Crippen molar-refractivity contribution in [1.29, 1.82) is 0 Å². The molecule has 1 saturated heterocycles. The topological polar surface area (TPSA) is 116 Å². The van der Waals surface area contributed by atoms with Gasteiger partial charge in [0.1, 0.15) is 28.6 Å². The second-order valence-electron chi connectivity index (χ2n) is 6.28. The van der Waals surface area contributed by atoms with Crippen molar-refractivity contribution in [1.82, 2.24) is 0 Å². The average Bonchev–Trinajstić information content (AvgIpc) is 2.69. The van der Waals surface area contributed by atoms with Crippen molar-refractivity contribution in [3.8, 4) is 0 Å². The fourth-order valence-electron chi connectivity index (χ4n) is 3.57. The van der Waals surface area contributed by atoms with Crippen LogP contribution in [0.25, 0.3) is 0 Å². The molecular weight excluding hydrogens is 344 g/mol. The van der Waals surface area contributed by atoms with Gasteiger partial charge in [0.05, 0.1) is 10.2 Å². The minimum absolute atomic E-state index is 0.0507. The predicted octanol–water partition coefficient (Wildman–Crippen LogP) is 1.61. The Morgan fingerprint density at radius 1 is 1.50 bits per heavy atom. The summed E-state index contributed by atoms with van der Waals surface area (Å²) in [5.74, 6) is -1.25. The van der Waals surface area contributed by atoms with Crippen molar-refractivity contribution in [3.05, 3.63) is 39.7 Å². The molecule has 1 aromatic carbocycles. The number of alkyl halides is 1. The van der Waals surface area contributed by atoms with Crippen LogP contribution >= 0.6 is 0 Å². The zero-order valence-corrected chi connectivity index (χ0v) is 13.5. The molecule has 0 radical (unpaired) electrons. The van der Waals surface area contributed by atoms with Crippen molar-refractivity contribution in [3.63, 3.8) is 0 Å². The van der Waals surface area contributed by atoms with Crippen LogP contribution in [0.15, 0.2) is 23.2 Å². The van der Waals surface area contributed by atoms with Gasteiger partial charge in [0.2, 0.25) is 0 Å². The third kappa shape index (κ3) is 1.86. The number of halogens is 2. The summed E-state index contributed by atoms with van der Waals surface area (Å²) in [5.41, 5.74) is 2.77. The van der Waals surface area contributed by atoms with Crippen LogP contribution in [0, 0.1) is 15.9 Å². The smallest absolute Gasteiger partial charge is 0.270 e. The number of nitro benzene ring substituents is 1. The molecule has 10 heteroatoms. The first-order valence-electron chi connectivity index (χ1n) is 7.20. The van der Waals surface area contributed by atoms with Gasteiger partial charge in [-0.2, -0.15) is 0 Å². The Labute approximate surface area is 136 Å². The summed E-state index contributed by atoms with van der Waals surface area (Å²) in [7, 11) is -3.93. The van der Waals surface area contributed by atoms with Gasteiger partial charge in [-0.05, 0) is 25.8 Å². The van der Waals surface area contributed by atoms with Gasteiger partial charge in [-0.1, -0.05) is 0 Å². The number of nitrogens with two attached hydrogens (primary N) is 1. The summed E-state index contributed by atoms with van der Waals surface area (Å²) >= 11 is 0. The number of nitro groups is 1. The quantitative estimate of drug-likeness (QED) is 0.650. The largest absolute Gasteiger partial charge is 0.386 e. The molecule has 130 valence electrons. The molecule has 2 aliphatic rings. The van der Waals surface area contributed by atoms with E-state index in [1.165, 1.54) is 6.92 Å². The van der Waals surface area contributed by atoms with Gasteiger partial charge >= 0.3 is 0 Å². The molecular formula is C14H15F2N3O4S. The number of sulfone groups is 1. The highest BCUT2D eigenvalue weighted by atomic mass is 32.2. The Morgan fingerprint density at radius 2 is 2.17 bits per heavy atom. The molecule has 3 atom stereocenters. The molecule has 2 aliphatic heterocycles. The van der Waals surface area contributed by atoms with E-state index in [-0.39, 0.29) is 18.7 Å². The fourth-order valence-corrected chi connectivity index (χ4v) is 6.12. The highest BCUT2D eigenvalue weighted by molar-refractivity contribution is 7.94. The van der Waals surface area contributed by atoms with Crippen molar-refractivity contribution in [2.45, 2.75) is 35.3 Å². The van der Waals surface area contributed by atoms with Gasteiger partial charge < -0.3 is 5.73 Å². The van der Waals surface area contributed by atoms with E-state index in [1.807, 2.05) is 0 Å². The lowest BCUT2D eigenvalue weighted by atomic mass is 9.86. The number of benzene rings is 1. The zero-order valence-electron chi connectivity index (χ0n) is 12.7. The van der Waals surface area contributed by atoms with E-state index in [2.05, 4.69) is 4.99 Å². The van der Waals surface area contributed by atoms with E-state index in [0.717, 1.165) is 18.2 Å². The van der Waals surface area contributed by atoms with Crippen LogP contribution in [0.4, 0.5) is 14.5 Å². The maximum Gasteiger partial charge on any atom is 0.270 e. The molecule has 0 amide bonds. The van der Waals surface area contributed by atoms with Crippen molar-refractivity contribution < 1.29 is 22.1 Å². The Bertz CT molecular complexity index is 873. The Morgan fingerprint density at radius 3 is 2.75 bits per heavy atom. The molecule has 2 N–H and O–H groups in total. The SMILES string of the molecule is C[C@]12CC[C@H]([C@@](CF)(c3cc([N+](=O)[O-])ccc3F)N=C1N)S2(=O)=O. The summed E-state index contributed by atoms with van der Waals surface area (Å²) in [6.07, 6.45) is 0.197. The minimum atomic E-state index is -3.93. The Kier molecular flexibility index (Phi) is 3.45. The van der Waals surface area contributed by atoms with Gasteiger partial charge in [-0.3, -0.25) is 15.1 Å². The third-order valence-electron chi connectivity index (χ3n) is 5.11. The number of nitrogens with zero attached hydrogens (tertiary/aromatic N) is 2. The second-order valence-corrected chi connectivity index (χ2v) is 8.84. The average molecular weight is 359 g/mol. The first kappa shape index (κ1) is 16.7. The van der Waals surface area contributed by atoms with E-state index < -0.39 is 54.0 Å². The molecule has 0 unspecified atom stereocenters. The van der Waals surface area contributed by atoms with Crippen LogP contribution in [0.1, 0.15) is 25.3 Å². The van der Waals surface area contributed by atoms with E-state index in [0.29, 0.717) is 0 Å². The van der Waals surface area contributed by atoms with E-state index in [4.69, 9.17) is 5.73 Å². The van der Waals surface area contributed by atoms with Gasteiger partial charge in [0.25, 0.3) is 5.69 Å². The molecule has 0 spiro atoms. The fraction of sp³-hybridized carbons (Fsp3) is 0.500. The molecule has 0 aliphatic carbocycles. The third-order valence-corrected chi connectivity index (χ3v) is 8.16. The summed E-state index contributed by atoms with van der Waals surface area (Å²) in [4.78, 5) is 14.2. The van der Waals surface area contributed by atoms with Crippen LogP contribution < -0.4 is 5.73 Å². The number of rotatable bonds is 3. The molecule has 0 aromatic heterocycles. The van der Waals surface area contributed by atoms with Crippen molar-refractivity contribution >= 4 is 21.4 Å². The van der Waals surface area contributed by atoms with Crippen LogP contribution in [0.2, 0.25) is 0 Å². The number of fused-ring (bicyclic) bond motifs is 2. The lowest BCUT2D eigenvalue weighted by Crippen LogP contribution is -2.57. The Hall–Kier alpha value is -2.10. The number of hydrogen-bond donors (Lipinski definition) is 1. The summed E-state index contributed by atoms with van der Waals surface area (Å²) in [6, 6.07) is 2.57. The van der Waals surface area contributed by atoms with Gasteiger partial charge in [-0.15, -0.1) is 0 Å². The Balaban J connectivity index is 2.33. The summed E-state index contributed by atoms with van der Waals surface area (Å²) in [5, 5.41) is 9.64. The first-order chi connectivity index (χ1) is 11.1. The number of aliphatic imine (C=N–C) groups is 1. The zero-order chi connectivity index (χ0) is 17.9. The standard InChI is InChI=1S/C14H15F2N3O4S/c1-13-5-4-11(24(13,22)23)14(7-15,18-12(13)17)9-6-8(19(20)21)2-3-10(9)16/h2-3,6,11H,4-5,7H2,1H3,(H2,17,18)/t11-,13+,14-/m1/s1. The molecule has 24 heavy (non-hydrogen) atoms. The first-order valence-corrected chi connectivity index (χ1v) is 8.74. The highest BCUT2D eigenvalue weighted by Crippen LogP contribution is 2.52. The minimum Gasteiger partial charge on any atom is -0.386 e. The number of amidine groups is 1. The molecule has 7 nitrogen and oxygen atoms in total. The number of non-ortho nitro benzene ring substituents is 1. The molecule has 2 bridgehead atoms. The lowest BCUT2D eigenvalue weighted by molar-refractivity contribution is -0.385. The highest BCUT2D eigenvalue weighted by Gasteiger charge is 2.65. The van der Waals surface area contributed by atoms with Crippen molar-refractivity contribution in [2.75, 3.05) is 6.67 Å². The monoisotopic (exact) mass is 359 g/mol. The van der Waals surface area contributed by atoms with Gasteiger partial charge in [0.15, 0.2) is 9.84 Å². The second kappa shape index (κ2) is 4.95. The van der Waals surface area contributed by atoms with Gasteiger partial charge in [0, 0.05) is 17.7 Å². The normalized spacial score (nSPS) is 34.0. The maximum absolute atomic E-state index is 14.4. The van der Waals surface area contributed by atoms with Crippen LogP contribution in [-0.2, 0) is 15.4 Å². The van der Waals surface area contributed by atoms with Crippen LogP contribution in [0.3, 0.4) is 0 Å². The van der Waals surface area contributed by atoms with E-state index >= 15 is 0 Å². The molecule has 3 rings (SSSR count). The lowest BCUT2D eigenvalue weighted by Gasteiger charge is -2.39. The van der Waals surface area contributed by atoms with Crippen LogP contribution in [0.5, 0.6) is 0 Å². The molecule has 1 fully saturated rings. The predicted molar refractivity (Wildman–Crippen MR) is 82.7 cm³/mol. The van der Waals surface area contributed by atoms with Gasteiger partial charge in [-0.25, -0.2) is 17.2 Å². The molecule has 1 aromatic rings. The van der Waals surface area contributed by atoms with Crippen molar-refractivity contribution in [2.24, 2.45) is 10.7 Å². The van der Waals surface area contributed by atoms with E-state index in [9.17, 15) is 27.3 Å². The summed E-state index contributed by atoms with van der Waals surface area (Å²) < 4.78 is 52.6. The number of hydrogen-bond acceptors (Lipinski definition) is 6. The molecule has 2 heterocycles.